The quantitative estimate of drug-likeness (QED) is 0.766. The Morgan fingerprint density at radius 3 is 2.75 bits per heavy atom. The molecule has 1 aromatic rings. The zero-order chi connectivity index (χ0) is 12.1. The lowest BCUT2D eigenvalue weighted by Gasteiger charge is -2.17. The molecule has 0 amide bonds. The highest BCUT2D eigenvalue weighted by Gasteiger charge is 2.10. The Kier molecular flexibility index (Phi) is 4.61. The Morgan fingerprint density at radius 2 is 2.19 bits per heavy atom. The lowest BCUT2D eigenvalue weighted by Crippen LogP contribution is -2.20. The second-order valence-electron chi connectivity index (χ2n) is 4.26. The molecule has 1 aromatic heterocycles. The van der Waals surface area contributed by atoms with Gasteiger partial charge >= 0.3 is 0 Å². The number of aromatic nitrogens is 2. The van der Waals surface area contributed by atoms with E-state index in [0.717, 1.165) is 12.1 Å². The van der Waals surface area contributed by atoms with Crippen molar-refractivity contribution >= 4 is 23.0 Å². The molecule has 3 N–H and O–H groups in total. The van der Waals surface area contributed by atoms with Crippen molar-refractivity contribution in [3.63, 3.8) is 0 Å². The van der Waals surface area contributed by atoms with Crippen LogP contribution in [0.25, 0.3) is 0 Å². The van der Waals surface area contributed by atoms with Gasteiger partial charge in [0.2, 0.25) is 0 Å². The van der Waals surface area contributed by atoms with Crippen LogP contribution in [-0.4, -0.2) is 21.7 Å². The highest BCUT2D eigenvalue weighted by Crippen LogP contribution is 2.13. The standard InChI is InChI=1S/C11H18N4S/c1-7(2)8(3)6-13-11-9(10(12)16)4-5-14-15-11/h4-5,7-8H,6H2,1-3H3,(H2,12,16)(H,13,15). The molecule has 1 atom stereocenters. The van der Waals surface area contributed by atoms with Crippen LogP contribution in [0.15, 0.2) is 12.3 Å². The van der Waals surface area contributed by atoms with Gasteiger partial charge in [-0.3, -0.25) is 0 Å². The van der Waals surface area contributed by atoms with Gasteiger partial charge < -0.3 is 11.1 Å². The molecule has 1 heterocycles. The molecule has 4 nitrogen and oxygen atoms in total. The summed E-state index contributed by atoms with van der Waals surface area (Å²) in [6.45, 7) is 7.41. The highest BCUT2D eigenvalue weighted by atomic mass is 32.1. The summed E-state index contributed by atoms with van der Waals surface area (Å²) >= 11 is 4.95. The molecule has 0 aromatic carbocycles. The summed E-state index contributed by atoms with van der Waals surface area (Å²) in [5.41, 5.74) is 6.36. The minimum absolute atomic E-state index is 0.342. The van der Waals surface area contributed by atoms with E-state index in [-0.39, 0.29) is 0 Å². The van der Waals surface area contributed by atoms with Crippen molar-refractivity contribution in [1.29, 1.82) is 0 Å². The van der Waals surface area contributed by atoms with E-state index in [0.29, 0.717) is 22.6 Å². The van der Waals surface area contributed by atoms with Gasteiger partial charge in [-0.25, -0.2) is 0 Å². The number of nitrogens with two attached hydrogens (primary N) is 1. The Bertz CT molecular complexity index is 365. The molecular formula is C11H18N4S. The van der Waals surface area contributed by atoms with E-state index in [4.69, 9.17) is 18.0 Å². The SMILES string of the molecule is CC(C)C(C)CNc1nnccc1C(N)=S. The summed E-state index contributed by atoms with van der Waals surface area (Å²) in [5, 5.41) is 11.1. The summed E-state index contributed by atoms with van der Waals surface area (Å²) in [7, 11) is 0. The first-order valence-electron chi connectivity index (χ1n) is 5.37. The molecule has 1 unspecified atom stereocenters. The molecule has 0 aliphatic carbocycles. The van der Waals surface area contributed by atoms with E-state index in [1.165, 1.54) is 0 Å². The van der Waals surface area contributed by atoms with Crippen molar-refractivity contribution in [1.82, 2.24) is 10.2 Å². The number of thiocarbonyl (C=S) groups is 1. The van der Waals surface area contributed by atoms with E-state index in [1.807, 2.05) is 0 Å². The van der Waals surface area contributed by atoms with E-state index in [2.05, 4.69) is 36.3 Å². The van der Waals surface area contributed by atoms with Crippen LogP contribution in [0, 0.1) is 11.8 Å². The van der Waals surface area contributed by atoms with Gasteiger partial charge in [0.25, 0.3) is 0 Å². The maximum atomic E-state index is 5.60. The third-order valence-electron chi connectivity index (χ3n) is 2.72. The van der Waals surface area contributed by atoms with Crippen molar-refractivity contribution in [2.24, 2.45) is 17.6 Å². The van der Waals surface area contributed by atoms with Crippen LogP contribution >= 0.6 is 12.2 Å². The van der Waals surface area contributed by atoms with Crippen LogP contribution in [0.4, 0.5) is 5.82 Å². The molecule has 88 valence electrons. The number of hydrogen-bond acceptors (Lipinski definition) is 4. The molecule has 16 heavy (non-hydrogen) atoms. The molecule has 0 bridgehead atoms. The van der Waals surface area contributed by atoms with E-state index in [1.54, 1.807) is 12.3 Å². The van der Waals surface area contributed by atoms with Crippen LogP contribution in [0.3, 0.4) is 0 Å². The average Bonchev–Trinajstić information content (AvgIpc) is 2.25. The van der Waals surface area contributed by atoms with Crippen LogP contribution in [0.1, 0.15) is 26.3 Å². The molecular weight excluding hydrogens is 220 g/mol. The van der Waals surface area contributed by atoms with Crippen molar-refractivity contribution in [3.8, 4) is 0 Å². The number of rotatable bonds is 5. The topological polar surface area (TPSA) is 63.8 Å². The first-order valence-corrected chi connectivity index (χ1v) is 5.78. The van der Waals surface area contributed by atoms with Crippen molar-refractivity contribution in [3.05, 3.63) is 17.8 Å². The highest BCUT2D eigenvalue weighted by molar-refractivity contribution is 7.80. The second-order valence-corrected chi connectivity index (χ2v) is 4.70. The Morgan fingerprint density at radius 1 is 1.50 bits per heavy atom. The maximum absolute atomic E-state index is 5.60. The molecule has 0 aliphatic heterocycles. The first kappa shape index (κ1) is 12.8. The lowest BCUT2D eigenvalue weighted by molar-refractivity contribution is 0.439. The Hall–Kier alpha value is -1.23. The molecule has 0 spiro atoms. The maximum Gasteiger partial charge on any atom is 0.158 e. The van der Waals surface area contributed by atoms with Crippen LogP contribution in [0.5, 0.6) is 0 Å². The van der Waals surface area contributed by atoms with Gasteiger partial charge in [0.15, 0.2) is 5.82 Å². The fraction of sp³-hybridized carbons (Fsp3) is 0.545. The zero-order valence-corrected chi connectivity index (χ0v) is 10.7. The third-order valence-corrected chi connectivity index (χ3v) is 2.94. The molecule has 0 aliphatic rings. The monoisotopic (exact) mass is 238 g/mol. The van der Waals surface area contributed by atoms with E-state index < -0.39 is 0 Å². The lowest BCUT2D eigenvalue weighted by atomic mass is 9.98. The second kappa shape index (κ2) is 5.75. The first-order chi connectivity index (χ1) is 7.52. The minimum Gasteiger partial charge on any atom is -0.389 e. The largest absolute Gasteiger partial charge is 0.389 e. The predicted octanol–water partition coefficient (Wildman–Crippen LogP) is 1.81. The fourth-order valence-corrected chi connectivity index (χ4v) is 1.32. The normalized spacial score (nSPS) is 12.5. The molecule has 0 saturated heterocycles. The average molecular weight is 238 g/mol. The number of hydrogen-bond donors (Lipinski definition) is 2. The van der Waals surface area contributed by atoms with Gasteiger partial charge in [-0.1, -0.05) is 33.0 Å². The number of anilines is 1. The summed E-state index contributed by atoms with van der Waals surface area (Å²) < 4.78 is 0. The van der Waals surface area contributed by atoms with Crippen molar-refractivity contribution in [2.75, 3.05) is 11.9 Å². The van der Waals surface area contributed by atoms with Crippen molar-refractivity contribution in [2.45, 2.75) is 20.8 Å². The van der Waals surface area contributed by atoms with Gasteiger partial charge in [-0.15, -0.1) is 5.10 Å². The zero-order valence-electron chi connectivity index (χ0n) is 9.90. The van der Waals surface area contributed by atoms with Gasteiger partial charge in [0.05, 0.1) is 11.8 Å². The summed E-state index contributed by atoms with van der Waals surface area (Å²) in [6, 6.07) is 1.78. The molecule has 0 fully saturated rings. The van der Waals surface area contributed by atoms with Gasteiger partial charge in [0.1, 0.15) is 4.99 Å². The van der Waals surface area contributed by atoms with Crippen LogP contribution in [0.2, 0.25) is 0 Å². The van der Waals surface area contributed by atoms with Crippen molar-refractivity contribution < 1.29 is 0 Å². The number of nitrogens with one attached hydrogen (secondary N) is 1. The van der Waals surface area contributed by atoms with E-state index in [9.17, 15) is 0 Å². The molecule has 5 heteroatoms. The smallest absolute Gasteiger partial charge is 0.158 e. The van der Waals surface area contributed by atoms with Gasteiger partial charge in [0, 0.05) is 6.54 Å². The van der Waals surface area contributed by atoms with Gasteiger partial charge in [-0.05, 0) is 17.9 Å². The van der Waals surface area contributed by atoms with Gasteiger partial charge in [-0.2, -0.15) is 5.10 Å². The number of nitrogens with zero attached hydrogens (tertiary/aromatic N) is 2. The van der Waals surface area contributed by atoms with E-state index >= 15 is 0 Å². The molecule has 0 saturated carbocycles. The molecule has 0 radical (unpaired) electrons. The predicted molar refractivity (Wildman–Crippen MR) is 70.4 cm³/mol. The van der Waals surface area contributed by atoms with Crippen LogP contribution < -0.4 is 11.1 Å². The Balaban J connectivity index is 2.70. The molecule has 1 rings (SSSR count). The fourth-order valence-electron chi connectivity index (χ4n) is 1.15. The third kappa shape index (κ3) is 3.41. The summed E-state index contributed by atoms with van der Waals surface area (Å²) in [5.74, 6) is 1.85. The minimum atomic E-state index is 0.342. The summed E-state index contributed by atoms with van der Waals surface area (Å²) in [4.78, 5) is 0.342. The Labute approximate surface area is 102 Å². The van der Waals surface area contributed by atoms with Crippen LogP contribution in [-0.2, 0) is 0 Å². The summed E-state index contributed by atoms with van der Waals surface area (Å²) in [6.07, 6.45) is 1.59.